The molecule has 1 saturated heterocycles. The van der Waals surface area contributed by atoms with Gasteiger partial charge in [-0.2, -0.15) is 0 Å². The molecule has 2 aromatic rings. The number of phenolic OH excluding ortho intramolecular Hbond substituents is 1. The molecule has 0 radical (unpaired) electrons. The molecule has 6 rings (SSSR count). The van der Waals surface area contributed by atoms with Gasteiger partial charge in [0.1, 0.15) is 11.7 Å². The van der Waals surface area contributed by atoms with E-state index in [4.69, 9.17) is 9.47 Å². The molecule has 4 aliphatic rings. The number of piperidine rings is 1. The Morgan fingerprint density at radius 2 is 2.03 bits per heavy atom. The quantitative estimate of drug-likeness (QED) is 0.593. The van der Waals surface area contributed by atoms with Crippen molar-refractivity contribution >= 4 is 16.0 Å². The van der Waals surface area contributed by atoms with Crippen LogP contribution in [-0.4, -0.2) is 61.8 Å². The lowest BCUT2D eigenvalue weighted by atomic mass is 9.48. The molecule has 2 fully saturated rings. The predicted octanol–water partition coefficient (Wildman–Crippen LogP) is 2.54. The number of likely N-dealkylation sites (tertiary alicyclic amines) is 1. The number of phenols is 1. The number of sulfonamides is 1. The smallest absolute Gasteiger partial charge is 0.303 e. The highest BCUT2D eigenvalue weighted by atomic mass is 32.2. The number of nitrogens with zero attached hydrogens (tertiary/aromatic N) is 1. The average Bonchev–Trinajstić information content (AvgIpc) is 3.17. The van der Waals surface area contributed by atoms with Crippen LogP contribution in [0.15, 0.2) is 36.4 Å². The first-order chi connectivity index (χ1) is 17.1. The first-order valence-corrected chi connectivity index (χ1v) is 14.2. The zero-order valence-corrected chi connectivity index (χ0v) is 21.6. The lowest BCUT2D eigenvalue weighted by Crippen LogP contribution is -2.78. The minimum absolute atomic E-state index is 0.0353. The van der Waals surface area contributed by atoms with Crippen LogP contribution >= 0.6 is 0 Å². The van der Waals surface area contributed by atoms with E-state index in [0.29, 0.717) is 31.4 Å². The number of ether oxygens (including phenoxy) is 2. The van der Waals surface area contributed by atoms with Crippen molar-refractivity contribution in [2.45, 2.75) is 74.5 Å². The molecule has 36 heavy (non-hydrogen) atoms. The van der Waals surface area contributed by atoms with Gasteiger partial charge < -0.3 is 14.6 Å². The highest BCUT2D eigenvalue weighted by molar-refractivity contribution is 7.88. The maximum absolute atomic E-state index is 13.4. The zero-order valence-electron chi connectivity index (χ0n) is 20.8. The van der Waals surface area contributed by atoms with Crippen LogP contribution < -0.4 is 9.46 Å². The fraction of sp³-hybridized carbons (Fsp3) is 0.519. The SMILES string of the molecule is CC(=O)O[C@@]12CC[C@@H](NS(=O)(=O)Cc3ccccc3C)[C@@H]3Oc4c(O)ccc5c4[C@@]31CCN(C)[C@@H]2C5. The maximum Gasteiger partial charge on any atom is 0.303 e. The van der Waals surface area contributed by atoms with E-state index in [1.54, 1.807) is 6.07 Å². The van der Waals surface area contributed by atoms with Crippen LogP contribution in [0.2, 0.25) is 0 Å². The van der Waals surface area contributed by atoms with E-state index in [0.717, 1.165) is 28.8 Å². The monoisotopic (exact) mass is 512 g/mol. The van der Waals surface area contributed by atoms with Crippen LogP contribution in [0.25, 0.3) is 0 Å². The maximum atomic E-state index is 13.4. The molecule has 2 heterocycles. The number of aromatic hydroxyl groups is 1. The summed E-state index contributed by atoms with van der Waals surface area (Å²) in [7, 11) is -1.64. The summed E-state index contributed by atoms with van der Waals surface area (Å²) in [5.41, 5.74) is 2.02. The lowest BCUT2D eigenvalue weighted by Gasteiger charge is -2.64. The highest BCUT2D eigenvalue weighted by Gasteiger charge is 2.75. The Kier molecular flexibility index (Phi) is 5.24. The summed E-state index contributed by atoms with van der Waals surface area (Å²) in [4.78, 5) is 14.8. The standard InChI is InChI=1S/C27H32N2O6S/c1-16-6-4-5-7-19(16)15-36(32,33)28-20-10-11-27(35-17(2)30)22-14-18-8-9-21(31)24-23(18)26(27,25(20)34-24)12-13-29(22)3/h4-9,20,22,25,28,31H,10-15H2,1-3H3/t20-,22-,25+,26+,27-/m1/s1. The molecule has 0 unspecified atom stereocenters. The van der Waals surface area contributed by atoms with Crippen molar-refractivity contribution in [3.63, 3.8) is 0 Å². The van der Waals surface area contributed by atoms with Crippen LogP contribution in [0, 0.1) is 6.92 Å². The normalized spacial score (nSPS) is 32.5. The van der Waals surface area contributed by atoms with Gasteiger partial charge in [0.2, 0.25) is 10.0 Å². The summed E-state index contributed by atoms with van der Waals surface area (Å²) in [6.07, 6.45) is 1.68. The summed E-state index contributed by atoms with van der Waals surface area (Å²) in [6.45, 7) is 4.09. The number of hydrogen-bond acceptors (Lipinski definition) is 7. The number of carbonyl (C=O) groups excluding carboxylic acids is 1. The van der Waals surface area contributed by atoms with E-state index in [1.807, 2.05) is 37.3 Å². The van der Waals surface area contributed by atoms with Gasteiger partial charge in [0.25, 0.3) is 0 Å². The van der Waals surface area contributed by atoms with Gasteiger partial charge in [0.15, 0.2) is 11.5 Å². The summed E-state index contributed by atoms with van der Waals surface area (Å²) < 4.78 is 42.5. The van der Waals surface area contributed by atoms with Gasteiger partial charge in [-0.1, -0.05) is 30.3 Å². The van der Waals surface area contributed by atoms with Gasteiger partial charge in [-0.3, -0.25) is 9.69 Å². The van der Waals surface area contributed by atoms with Gasteiger partial charge in [0.05, 0.1) is 23.3 Å². The fourth-order valence-corrected chi connectivity index (χ4v) is 9.08. The number of likely N-dealkylation sites (N-methyl/N-ethyl adjacent to an activating group) is 1. The van der Waals surface area contributed by atoms with E-state index in [2.05, 4.69) is 16.7 Å². The molecule has 2 bridgehead atoms. The number of esters is 1. The molecule has 1 saturated carbocycles. The summed E-state index contributed by atoms with van der Waals surface area (Å²) in [6, 6.07) is 10.5. The fourth-order valence-electron chi connectivity index (χ4n) is 7.56. The molecule has 192 valence electrons. The Bertz CT molecular complexity index is 1360. The lowest BCUT2D eigenvalue weighted by molar-refractivity contribution is -0.215. The minimum atomic E-state index is -3.70. The van der Waals surface area contributed by atoms with Crippen molar-refractivity contribution in [2.75, 3.05) is 13.6 Å². The molecule has 1 spiro atoms. The Balaban J connectivity index is 1.45. The third-order valence-corrected chi connectivity index (χ3v) is 10.3. The Morgan fingerprint density at radius 3 is 2.78 bits per heavy atom. The molecular weight excluding hydrogens is 480 g/mol. The van der Waals surface area contributed by atoms with Crippen molar-refractivity contribution in [1.29, 1.82) is 0 Å². The molecule has 2 aliphatic heterocycles. The number of carbonyl (C=O) groups is 1. The van der Waals surface area contributed by atoms with E-state index in [-0.39, 0.29) is 23.5 Å². The van der Waals surface area contributed by atoms with Gasteiger partial charge in [-0.05, 0) is 69.0 Å². The zero-order chi connectivity index (χ0) is 25.5. The van der Waals surface area contributed by atoms with E-state index in [1.165, 1.54) is 6.92 Å². The second-order valence-electron chi connectivity index (χ2n) is 10.8. The summed E-state index contributed by atoms with van der Waals surface area (Å²) >= 11 is 0. The number of hydrogen-bond donors (Lipinski definition) is 2. The van der Waals surface area contributed by atoms with Crippen molar-refractivity contribution < 1.29 is 27.8 Å². The molecule has 8 nitrogen and oxygen atoms in total. The molecule has 2 aliphatic carbocycles. The van der Waals surface area contributed by atoms with E-state index in [9.17, 15) is 18.3 Å². The van der Waals surface area contributed by atoms with Crippen LogP contribution in [0.1, 0.15) is 48.4 Å². The molecule has 0 amide bonds. The first kappa shape index (κ1) is 23.8. The third kappa shape index (κ3) is 3.18. The van der Waals surface area contributed by atoms with Crippen molar-refractivity contribution in [2.24, 2.45) is 0 Å². The first-order valence-electron chi connectivity index (χ1n) is 12.5. The van der Waals surface area contributed by atoms with E-state index < -0.39 is 33.2 Å². The number of benzene rings is 2. The number of rotatable bonds is 5. The number of nitrogens with one attached hydrogen (secondary N) is 1. The molecule has 2 N–H and O–H groups in total. The molecule has 2 aromatic carbocycles. The van der Waals surface area contributed by atoms with Crippen molar-refractivity contribution in [3.8, 4) is 11.5 Å². The summed E-state index contributed by atoms with van der Waals surface area (Å²) in [5, 5.41) is 10.8. The second kappa shape index (κ2) is 7.94. The van der Waals surface area contributed by atoms with Crippen LogP contribution in [-0.2, 0) is 37.1 Å². The van der Waals surface area contributed by atoms with Crippen molar-refractivity contribution in [3.05, 3.63) is 58.7 Å². The van der Waals surface area contributed by atoms with Crippen LogP contribution in [0.4, 0.5) is 0 Å². The molecular formula is C27H32N2O6S. The van der Waals surface area contributed by atoms with Crippen LogP contribution in [0.5, 0.6) is 11.5 Å². The molecule has 5 atom stereocenters. The highest BCUT2D eigenvalue weighted by Crippen LogP contribution is 2.66. The second-order valence-corrected chi connectivity index (χ2v) is 12.6. The number of aryl methyl sites for hydroxylation is 1. The van der Waals surface area contributed by atoms with E-state index >= 15 is 0 Å². The molecule has 0 aromatic heterocycles. The Hall–Kier alpha value is -2.62. The Morgan fingerprint density at radius 1 is 1.25 bits per heavy atom. The largest absolute Gasteiger partial charge is 0.504 e. The minimum Gasteiger partial charge on any atom is -0.504 e. The van der Waals surface area contributed by atoms with Crippen molar-refractivity contribution in [1.82, 2.24) is 9.62 Å². The molecule has 9 heteroatoms. The van der Waals surface area contributed by atoms with Gasteiger partial charge in [0, 0.05) is 12.5 Å². The van der Waals surface area contributed by atoms with Gasteiger partial charge >= 0.3 is 5.97 Å². The van der Waals surface area contributed by atoms with Crippen LogP contribution in [0.3, 0.4) is 0 Å². The van der Waals surface area contributed by atoms with Gasteiger partial charge in [-0.25, -0.2) is 13.1 Å². The topological polar surface area (TPSA) is 105 Å². The summed E-state index contributed by atoms with van der Waals surface area (Å²) in [5.74, 6) is -0.0426. The Labute approximate surface area is 211 Å². The average molecular weight is 513 g/mol. The van der Waals surface area contributed by atoms with Gasteiger partial charge in [-0.15, -0.1) is 0 Å². The predicted molar refractivity (Wildman–Crippen MR) is 133 cm³/mol. The third-order valence-electron chi connectivity index (χ3n) is 8.95.